The van der Waals surface area contributed by atoms with Crippen molar-refractivity contribution in [1.82, 2.24) is 0 Å². The first-order chi connectivity index (χ1) is 11.9. The molecule has 25 heavy (non-hydrogen) atoms. The van der Waals surface area contributed by atoms with Crippen molar-refractivity contribution < 1.29 is 13.4 Å². The van der Waals surface area contributed by atoms with Crippen molar-refractivity contribution in [1.29, 1.82) is 0 Å². The molecule has 0 aliphatic rings. The Morgan fingerprint density at radius 3 is 2.40 bits per heavy atom. The van der Waals surface area contributed by atoms with Crippen LogP contribution < -0.4 is 4.57 Å². The fourth-order valence-electron chi connectivity index (χ4n) is 3.74. The van der Waals surface area contributed by atoms with E-state index in [1.165, 1.54) is 23.3 Å². The zero-order valence-corrected chi connectivity index (χ0v) is 15.2. The number of hydrogen-bond acceptors (Lipinski definition) is 1. The molecule has 0 N–H and O–H groups in total. The predicted octanol–water partition coefficient (Wildman–Crippen LogP) is 5.45. The van der Waals surface area contributed by atoms with Crippen molar-refractivity contribution in [3.8, 4) is 11.3 Å². The molecule has 2 aromatic heterocycles. The lowest BCUT2D eigenvalue weighted by Gasteiger charge is -2.09. The molecule has 0 radical (unpaired) electrons. The Balaban J connectivity index is 2.18. The van der Waals surface area contributed by atoms with E-state index in [1.807, 2.05) is 6.07 Å². The maximum absolute atomic E-state index is 13.7. The van der Waals surface area contributed by atoms with E-state index < -0.39 is 0 Å². The number of hydrogen-bond donors (Lipinski definition) is 0. The summed E-state index contributed by atoms with van der Waals surface area (Å²) in [7, 11) is 2.05. The number of aryl methyl sites for hydroxylation is 5. The molecule has 4 aromatic rings. The summed E-state index contributed by atoms with van der Waals surface area (Å²) in [6.07, 6.45) is 2.14. The van der Waals surface area contributed by atoms with Gasteiger partial charge < -0.3 is 4.42 Å². The molecule has 2 nitrogen and oxygen atoms in total. The molecule has 4 rings (SSSR count). The van der Waals surface area contributed by atoms with Crippen molar-refractivity contribution in [3.63, 3.8) is 0 Å². The summed E-state index contributed by atoms with van der Waals surface area (Å²) >= 11 is 0. The highest BCUT2D eigenvalue weighted by Gasteiger charge is 2.23. The lowest BCUT2D eigenvalue weighted by Crippen LogP contribution is -2.31. The summed E-state index contributed by atoms with van der Waals surface area (Å²) in [5.74, 6) is -0.279. The third-order valence-electron chi connectivity index (χ3n) is 5.10. The summed E-state index contributed by atoms with van der Waals surface area (Å²) in [6, 6.07) is 9.15. The minimum Gasteiger partial charge on any atom is -0.455 e. The lowest BCUT2D eigenvalue weighted by atomic mass is 9.96. The number of aromatic nitrogens is 1. The predicted molar refractivity (Wildman–Crippen MR) is 99.2 cm³/mol. The lowest BCUT2D eigenvalue weighted by molar-refractivity contribution is -0.660. The number of fused-ring (bicyclic) bond motifs is 3. The van der Waals surface area contributed by atoms with Crippen molar-refractivity contribution in [2.24, 2.45) is 7.05 Å². The first-order valence-corrected chi connectivity index (χ1v) is 8.46. The van der Waals surface area contributed by atoms with Crippen LogP contribution in [0.4, 0.5) is 4.39 Å². The topological polar surface area (TPSA) is 17.0 Å². The Morgan fingerprint density at radius 2 is 1.64 bits per heavy atom. The average molecular weight is 334 g/mol. The van der Waals surface area contributed by atoms with E-state index in [1.54, 1.807) is 0 Å². The third kappa shape index (κ3) is 2.34. The van der Waals surface area contributed by atoms with Crippen molar-refractivity contribution in [3.05, 3.63) is 64.6 Å². The smallest absolute Gasteiger partial charge is 0.216 e. The summed E-state index contributed by atoms with van der Waals surface area (Å²) in [5, 5.41) is 2.02. The van der Waals surface area contributed by atoms with Gasteiger partial charge in [-0.15, -0.1) is 0 Å². The van der Waals surface area contributed by atoms with Crippen molar-refractivity contribution in [2.75, 3.05) is 0 Å². The zero-order valence-electron chi connectivity index (χ0n) is 15.2. The molecular formula is C22H21FNO+. The number of benzene rings is 2. The van der Waals surface area contributed by atoms with Crippen LogP contribution in [-0.4, -0.2) is 0 Å². The number of rotatable bonds is 1. The summed E-state index contributed by atoms with van der Waals surface area (Å²) < 4.78 is 22.0. The first-order valence-electron chi connectivity index (χ1n) is 8.46. The minimum absolute atomic E-state index is 0.279. The fourth-order valence-corrected chi connectivity index (χ4v) is 3.74. The molecule has 0 saturated heterocycles. The maximum Gasteiger partial charge on any atom is 0.216 e. The average Bonchev–Trinajstić information content (AvgIpc) is 2.90. The molecule has 0 amide bonds. The molecule has 0 spiro atoms. The number of halogens is 1. The summed E-state index contributed by atoms with van der Waals surface area (Å²) in [6.45, 7) is 8.41. The third-order valence-corrected chi connectivity index (χ3v) is 5.10. The van der Waals surface area contributed by atoms with Crippen LogP contribution >= 0.6 is 0 Å². The second-order valence-corrected chi connectivity index (χ2v) is 6.97. The molecule has 2 heterocycles. The van der Waals surface area contributed by atoms with Crippen LogP contribution in [0.15, 0.2) is 40.9 Å². The first kappa shape index (κ1) is 15.8. The molecule has 126 valence electrons. The number of furan rings is 1. The molecule has 0 unspecified atom stereocenters. The van der Waals surface area contributed by atoms with Crippen molar-refractivity contribution >= 4 is 21.9 Å². The van der Waals surface area contributed by atoms with E-state index in [4.69, 9.17) is 4.42 Å². The second-order valence-electron chi connectivity index (χ2n) is 6.97. The van der Waals surface area contributed by atoms with Gasteiger partial charge in [0.15, 0.2) is 6.20 Å². The van der Waals surface area contributed by atoms with E-state index in [0.29, 0.717) is 5.58 Å². The molecule has 3 heteroatoms. The largest absolute Gasteiger partial charge is 0.455 e. The standard InChI is InChI=1S/C22H21FNO/c1-12-9-18(24(5)11-15(12)4)21-14(3)8-13(2)20-17-7-6-16(23)10-19(17)25-22(20)21/h6-11H,1-5H3/q+1. The van der Waals surface area contributed by atoms with Gasteiger partial charge in [0.25, 0.3) is 0 Å². The Hall–Kier alpha value is -2.68. The molecular weight excluding hydrogens is 313 g/mol. The van der Waals surface area contributed by atoms with Crippen LogP contribution in [0.3, 0.4) is 0 Å². The summed E-state index contributed by atoms with van der Waals surface area (Å²) in [4.78, 5) is 0. The highest BCUT2D eigenvalue weighted by atomic mass is 19.1. The Kier molecular flexibility index (Phi) is 3.43. The second kappa shape index (κ2) is 5.41. The van der Waals surface area contributed by atoms with E-state index in [0.717, 1.165) is 38.7 Å². The molecule has 0 saturated carbocycles. The van der Waals surface area contributed by atoms with Crippen LogP contribution in [-0.2, 0) is 7.05 Å². The van der Waals surface area contributed by atoms with Gasteiger partial charge in [-0.05, 0) is 56.5 Å². The Labute approximate surface area is 146 Å². The fraction of sp³-hybridized carbons (Fsp3) is 0.227. The van der Waals surface area contributed by atoms with E-state index in [2.05, 4.69) is 57.6 Å². The van der Waals surface area contributed by atoms with E-state index in [-0.39, 0.29) is 5.82 Å². The minimum atomic E-state index is -0.279. The van der Waals surface area contributed by atoms with E-state index in [9.17, 15) is 4.39 Å². The molecule has 0 atom stereocenters. The Morgan fingerprint density at radius 1 is 0.880 bits per heavy atom. The van der Waals surface area contributed by atoms with Gasteiger partial charge in [0.05, 0.1) is 5.56 Å². The van der Waals surface area contributed by atoms with Crippen LogP contribution in [0, 0.1) is 33.5 Å². The molecule has 0 fully saturated rings. The van der Waals surface area contributed by atoms with E-state index >= 15 is 0 Å². The van der Waals surface area contributed by atoms with Gasteiger partial charge in [-0.1, -0.05) is 6.07 Å². The number of nitrogens with zero attached hydrogens (tertiary/aromatic N) is 1. The van der Waals surface area contributed by atoms with Gasteiger partial charge in [0.1, 0.15) is 24.0 Å². The van der Waals surface area contributed by atoms with Gasteiger partial charge in [-0.3, -0.25) is 0 Å². The normalized spacial score (nSPS) is 11.6. The van der Waals surface area contributed by atoms with Crippen LogP contribution in [0.1, 0.15) is 22.3 Å². The molecule has 0 aliphatic carbocycles. The maximum atomic E-state index is 13.7. The number of pyridine rings is 1. The highest BCUT2D eigenvalue weighted by molar-refractivity contribution is 6.11. The monoisotopic (exact) mass is 334 g/mol. The SMILES string of the molecule is Cc1cc(-c2c(C)cc(C)c3c2oc2cc(F)ccc23)[n+](C)cc1C. The molecule has 2 aromatic carbocycles. The van der Waals surface area contributed by atoms with Crippen LogP contribution in [0.25, 0.3) is 33.2 Å². The van der Waals surface area contributed by atoms with Gasteiger partial charge in [0, 0.05) is 28.5 Å². The van der Waals surface area contributed by atoms with Gasteiger partial charge in [-0.2, -0.15) is 0 Å². The highest BCUT2D eigenvalue weighted by Crippen LogP contribution is 2.39. The van der Waals surface area contributed by atoms with Gasteiger partial charge >= 0.3 is 0 Å². The Bertz CT molecular complexity index is 1150. The quantitative estimate of drug-likeness (QED) is 0.423. The van der Waals surface area contributed by atoms with Gasteiger partial charge in [0.2, 0.25) is 5.69 Å². The van der Waals surface area contributed by atoms with Crippen molar-refractivity contribution in [2.45, 2.75) is 27.7 Å². The van der Waals surface area contributed by atoms with Crippen LogP contribution in [0.5, 0.6) is 0 Å². The molecule has 0 bridgehead atoms. The molecule has 0 aliphatic heterocycles. The van der Waals surface area contributed by atoms with Crippen LogP contribution in [0.2, 0.25) is 0 Å². The van der Waals surface area contributed by atoms with Gasteiger partial charge in [-0.25, -0.2) is 8.96 Å². The zero-order chi connectivity index (χ0) is 17.9. The summed E-state index contributed by atoms with van der Waals surface area (Å²) in [5.41, 5.74) is 8.39.